The van der Waals surface area contributed by atoms with Crippen LogP contribution in [0.2, 0.25) is 0 Å². The summed E-state index contributed by atoms with van der Waals surface area (Å²) in [4.78, 5) is 26.4. The second-order valence-electron chi connectivity index (χ2n) is 4.98. The lowest BCUT2D eigenvalue weighted by Gasteiger charge is -2.36. The number of carbonyl (C=O) groups excluding carboxylic acids is 2. The lowest BCUT2D eigenvalue weighted by atomic mass is 10.2. The van der Waals surface area contributed by atoms with Gasteiger partial charge in [0.15, 0.2) is 0 Å². The lowest BCUT2D eigenvalue weighted by Crippen LogP contribution is -2.50. The molecule has 17 heavy (non-hydrogen) atoms. The van der Waals surface area contributed by atoms with Crippen LogP contribution in [0.5, 0.6) is 0 Å². The van der Waals surface area contributed by atoms with Crippen LogP contribution in [0.3, 0.4) is 0 Å². The quantitative estimate of drug-likeness (QED) is 0.654. The normalized spacial score (nSPS) is 34.0. The first-order valence-electron chi connectivity index (χ1n) is 6.17. The predicted molar refractivity (Wildman–Crippen MR) is 59.4 cm³/mol. The summed E-state index contributed by atoms with van der Waals surface area (Å²) in [6.07, 6.45) is 2.50. The van der Waals surface area contributed by atoms with E-state index < -0.39 is 0 Å². The van der Waals surface area contributed by atoms with Crippen LogP contribution < -0.4 is 5.32 Å². The van der Waals surface area contributed by atoms with Crippen molar-refractivity contribution >= 4 is 11.9 Å². The molecule has 0 aromatic carbocycles. The van der Waals surface area contributed by atoms with Crippen molar-refractivity contribution in [2.24, 2.45) is 0 Å². The van der Waals surface area contributed by atoms with Gasteiger partial charge in [0.1, 0.15) is 6.54 Å². The smallest absolute Gasteiger partial charge is 0.324 e. The van der Waals surface area contributed by atoms with E-state index in [9.17, 15) is 9.59 Å². The molecule has 1 N–H and O–H groups in total. The predicted octanol–water partition coefficient (Wildman–Crippen LogP) is -0.599. The van der Waals surface area contributed by atoms with E-state index in [0.717, 1.165) is 19.7 Å². The van der Waals surface area contributed by atoms with Crippen LogP contribution in [0.25, 0.3) is 0 Å². The molecule has 3 aliphatic heterocycles. The number of morpholine rings is 1. The summed E-state index contributed by atoms with van der Waals surface area (Å²) in [5.41, 5.74) is 0. The Morgan fingerprint density at radius 2 is 2.29 bits per heavy atom. The third-order valence-corrected chi connectivity index (χ3v) is 3.75. The molecular formula is C11H17N3O3. The van der Waals surface area contributed by atoms with E-state index in [4.69, 9.17) is 4.74 Å². The van der Waals surface area contributed by atoms with Gasteiger partial charge in [-0.1, -0.05) is 0 Å². The van der Waals surface area contributed by atoms with Crippen LogP contribution in [0.4, 0.5) is 4.79 Å². The highest BCUT2D eigenvalue weighted by Gasteiger charge is 2.35. The van der Waals surface area contributed by atoms with Gasteiger partial charge in [0.05, 0.1) is 19.3 Å². The second-order valence-corrected chi connectivity index (χ2v) is 4.98. The zero-order valence-electron chi connectivity index (χ0n) is 9.72. The Bertz CT molecular complexity index is 347. The molecule has 3 aliphatic rings. The maximum Gasteiger partial charge on any atom is 0.324 e. The van der Waals surface area contributed by atoms with Gasteiger partial charge >= 0.3 is 6.03 Å². The standard InChI is InChI=1S/C11H17N3O3/c15-10-6-14(11(16)12-10)5-9-4-13-3-1-2-8(13)7-17-9/h8-9H,1-7H2,(H,12,15,16). The number of carbonyl (C=O) groups is 2. The molecule has 0 radical (unpaired) electrons. The summed E-state index contributed by atoms with van der Waals surface area (Å²) in [6, 6.07) is 0.280. The number of ether oxygens (including phenoxy) is 1. The van der Waals surface area contributed by atoms with Crippen LogP contribution in [-0.4, -0.2) is 66.7 Å². The number of urea groups is 1. The molecular weight excluding hydrogens is 222 g/mol. The molecule has 94 valence electrons. The molecule has 3 heterocycles. The molecule has 0 spiro atoms. The van der Waals surface area contributed by atoms with E-state index in [-0.39, 0.29) is 24.6 Å². The monoisotopic (exact) mass is 239 g/mol. The molecule has 2 unspecified atom stereocenters. The Kier molecular flexibility index (Phi) is 2.76. The van der Waals surface area contributed by atoms with E-state index in [2.05, 4.69) is 10.2 Å². The van der Waals surface area contributed by atoms with Gasteiger partial charge in [0.25, 0.3) is 0 Å². The zero-order valence-corrected chi connectivity index (χ0v) is 9.72. The van der Waals surface area contributed by atoms with E-state index in [1.54, 1.807) is 0 Å². The largest absolute Gasteiger partial charge is 0.373 e. The Morgan fingerprint density at radius 1 is 1.41 bits per heavy atom. The molecule has 0 aromatic rings. The van der Waals surface area contributed by atoms with Crippen LogP contribution in [0.1, 0.15) is 12.8 Å². The Morgan fingerprint density at radius 3 is 3.06 bits per heavy atom. The summed E-state index contributed by atoms with van der Waals surface area (Å²) < 4.78 is 5.76. The maximum atomic E-state index is 11.4. The lowest BCUT2D eigenvalue weighted by molar-refractivity contribution is -0.118. The van der Waals surface area contributed by atoms with Gasteiger partial charge in [-0.15, -0.1) is 0 Å². The van der Waals surface area contributed by atoms with Crippen molar-refractivity contribution in [1.29, 1.82) is 0 Å². The molecule has 3 fully saturated rings. The summed E-state index contributed by atoms with van der Waals surface area (Å²) >= 11 is 0. The fraction of sp³-hybridized carbons (Fsp3) is 0.818. The van der Waals surface area contributed by atoms with Gasteiger partial charge in [-0.2, -0.15) is 0 Å². The molecule has 6 nitrogen and oxygen atoms in total. The maximum absolute atomic E-state index is 11.4. The van der Waals surface area contributed by atoms with Crippen molar-refractivity contribution in [2.45, 2.75) is 25.0 Å². The molecule has 2 atom stereocenters. The molecule has 0 aliphatic carbocycles. The number of rotatable bonds is 2. The van der Waals surface area contributed by atoms with Crippen molar-refractivity contribution in [3.8, 4) is 0 Å². The van der Waals surface area contributed by atoms with Crippen LogP contribution in [0.15, 0.2) is 0 Å². The molecule has 3 rings (SSSR count). The number of amides is 3. The van der Waals surface area contributed by atoms with Crippen molar-refractivity contribution in [2.75, 3.05) is 32.8 Å². The third kappa shape index (κ3) is 2.14. The summed E-state index contributed by atoms with van der Waals surface area (Å²) in [6.45, 7) is 3.45. The second kappa shape index (κ2) is 4.27. The van der Waals surface area contributed by atoms with Crippen molar-refractivity contribution in [1.82, 2.24) is 15.1 Å². The van der Waals surface area contributed by atoms with Gasteiger partial charge < -0.3 is 9.64 Å². The minimum Gasteiger partial charge on any atom is -0.373 e. The highest BCUT2D eigenvalue weighted by atomic mass is 16.5. The van der Waals surface area contributed by atoms with Crippen molar-refractivity contribution in [3.63, 3.8) is 0 Å². The topological polar surface area (TPSA) is 61.9 Å². The van der Waals surface area contributed by atoms with Crippen LogP contribution >= 0.6 is 0 Å². The highest BCUT2D eigenvalue weighted by Crippen LogP contribution is 2.23. The van der Waals surface area contributed by atoms with Crippen molar-refractivity contribution in [3.05, 3.63) is 0 Å². The molecule has 3 saturated heterocycles. The number of hydrogen-bond donors (Lipinski definition) is 1. The van der Waals surface area contributed by atoms with E-state index in [0.29, 0.717) is 12.6 Å². The third-order valence-electron chi connectivity index (χ3n) is 3.75. The van der Waals surface area contributed by atoms with Crippen LogP contribution in [0, 0.1) is 0 Å². The van der Waals surface area contributed by atoms with Gasteiger partial charge in [0, 0.05) is 12.6 Å². The number of nitrogens with one attached hydrogen (secondary N) is 1. The summed E-state index contributed by atoms with van der Waals surface area (Å²) in [5.74, 6) is -0.218. The first-order valence-corrected chi connectivity index (χ1v) is 6.17. The SMILES string of the molecule is O=C1CN(CC2CN3CCCC3CO2)C(=O)N1. The van der Waals surface area contributed by atoms with E-state index >= 15 is 0 Å². The van der Waals surface area contributed by atoms with Gasteiger partial charge in [-0.25, -0.2) is 4.79 Å². The fourth-order valence-corrected chi connectivity index (χ4v) is 2.87. The molecule has 6 heteroatoms. The number of fused-ring (bicyclic) bond motifs is 1. The Balaban J connectivity index is 1.55. The summed E-state index contributed by atoms with van der Waals surface area (Å²) in [7, 11) is 0. The Hall–Kier alpha value is -1.14. The van der Waals surface area contributed by atoms with Gasteiger partial charge in [0.2, 0.25) is 5.91 Å². The first kappa shape index (κ1) is 11.0. The van der Waals surface area contributed by atoms with E-state index in [1.807, 2.05) is 0 Å². The molecule has 3 amide bonds. The number of hydrogen-bond acceptors (Lipinski definition) is 4. The van der Waals surface area contributed by atoms with Crippen molar-refractivity contribution < 1.29 is 14.3 Å². The summed E-state index contributed by atoms with van der Waals surface area (Å²) in [5, 5.41) is 2.28. The highest BCUT2D eigenvalue weighted by molar-refractivity contribution is 6.01. The average molecular weight is 239 g/mol. The van der Waals surface area contributed by atoms with Gasteiger partial charge in [-0.3, -0.25) is 15.0 Å². The first-order chi connectivity index (χ1) is 8.22. The molecule has 0 saturated carbocycles. The number of imide groups is 1. The molecule has 0 aromatic heterocycles. The van der Waals surface area contributed by atoms with E-state index in [1.165, 1.54) is 17.7 Å². The average Bonchev–Trinajstić information content (AvgIpc) is 2.85. The molecule has 0 bridgehead atoms. The fourth-order valence-electron chi connectivity index (χ4n) is 2.87. The Labute approximate surface area is 99.9 Å². The number of nitrogens with zero attached hydrogens (tertiary/aromatic N) is 2. The zero-order chi connectivity index (χ0) is 11.8. The minimum atomic E-state index is -0.290. The van der Waals surface area contributed by atoms with Crippen LogP contribution in [-0.2, 0) is 9.53 Å². The van der Waals surface area contributed by atoms with Gasteiger partial charge in [-0.05, 0) is 19.4 Å². The minimum absolute atomic E-state index is 0.0426.